The molecule has 0 bridgehead atoms. The Morgan fingerprint density at radius 3 is 2.39 bits per heavy atom. The quantitative estimate of drug-likeness (QED) is 0.698. The number of nitrogens with one attached hydrogen (secondary N) is 2. The van der Waals surface area contributed by atoms with Crippen LogP contribution in [0.3, 0.4) is 0 Å². The molecule has 1 aliphatic rings. The molecule has 106 valence electrons. The maximum atomic E-state index is 11.9. The van der Waals surface area contributed by atoms with Crippen LogP contribution in [0.15, 0.2) is 0 Å². The minimum atomic E-state index is -0.166. The van der Waals surface area contributed by atoms with Gasteiger partial charge < -0.3 is 16.4 Å². The van der Waals surface area contributed by atoms with Gasteiger partial charge >= 0.3 is 0 Å². The highest BCUT2D eigenvalue weighted by Crippen LogP contribution is 2.18. The molecule has 1 saturated carbocycles. The number of carbonyl (C=O) groups is 1. The maximum absolute atomic E-state index is 11.9. The second-order valence-corrected chi connectivity index (χ2v) is 6.44. The number of hydrogen-bond donors (Lipinski definition) is 3. The fourth-order valence-corrected chi connectivity index (χ4v) is 2.51. The lowest BCUT2D eigenvalue weighted by molar-refractivity contribution is -0.123. The first-order valence-corrected chi connectivity index (χ1v) is 7.18. The minimum Gasteiger partial charge on any atom is -0.351 e. The highest BCUT2D eigenvalue weighted by molar-refractivity contribution is 5.77. The van der Waals surface area contributed by atoms with Gasteiger partial charge in [0.25, 0.3) is 0 Å². The van der Waals surface area contributed by atoms with E-state index in [4.69, 9.17) is 5.73 Å². The summed E-state index contributed by atoms with van der Waals surface area (Å²) in [4.78, 5) is 11.9. The van der Waals surface area contributed by atoms with Crippen molar-refractivity contribution < 1.29 is 4.79 Å². The molecule has 0 aliphatic heterocycles. The van der Waals surface area contributed by atoms with Crippen LogP contribution >= 0.6 is 0 Å². The summed E-state index contributed by atoms with van der Waals surface area (Å²) in [7, 11) is 0. The molecule has 18 heavy (non-hydrogen) atoms. The Kier molecular flexibility index (Phi) is 6.09. The van der Waals surface area contributed by atoms with Crippen LogP contribution in [-0.4, -0.2) is 30.1 Å². The summed E-state index contributed by atoms with van der Waals surface area (Å²) in [6.07, 6.45) is 6.85. The Labute approximate surface area is 111 Å². The average Bonchev–Trinajstić information content (AvgIpc) is 2.27. The first kappa shape index (κ1) is 15.4. The zero-order valence-electron chi connectivity index (χ0n) is 12.1. The number of carbonyl (C=O) groups excluding carboxylic acids is 1. The molecular weight excluding hydrogens is 226 g/mol. The van der Waals surface area contributed by atoms with E-state index < -0.39 is 0 Å². The summed E-state index contributed by atoms with van der Waals surface area (Å²) < 4.78 is 0. The molecule has 4 nitrogen and oxygen atoms in total. The van der Waals surface area contributed by atoms with Gasteiger partial charge in [-0.1, -0.05) is 19.3 Å². The van der Waals surface area contributed by atoms with E-state index in [-0.39, 0.29) is 17.5 Å². The zero-order valence-corrected chi connectivity index (χ0v) is 12.1. The summed E-state index contributed by atoms with van der Waals surface area (Å²) in [5, 5.41) is 6.52. The second kappa shape index (κ2) is 7.10. The summed E-state index contributed by atoms with van der Waals surface area (Å²) in [5.74, 6) is 0.0845. The zero-order chi connectivity index (χ0) is 13.6. The molecule has 0 aromatic heterocycles. The summed E-state index contributed by atoms with van der Waals surface area (Å²) >= 11 is 0. The summed E-state index contributed by atoms with van der Waals surface area (Å²) in [5.41, 5.74) is 5.59. The second-order valence-electron chi connectivity index (χ2n) is 6.44. The van der Waals surface area contributed by atoms with E-state index in [0.717, 1.165) is 0 Å². The van der Waals surface area contributed by atoms with Crippen molar-refractivity contribution in [3.05, 3.63) is 0 Å². The molecule has 0 aromatic carbocycles. The number of amides is 1. The van der Waals surface area contributed by atoms with Gasteiger partial charge in [0, 0.05) is 30.6 Å². The highest BCUT2D eigenvalue weighted by Gasteiger charge is 2.21. The van der Waals surface area contributed by atoms with E-state index in [1.54, 1.807) is 0 Å². The predicted molar refractivity (Wildman–Crippen MR) is 75.4 cm³/mol. The SMILES string of the molecule is CC(C)(C)NC(=O)CC(CN)NC1CCCCC1. The molecular formula is C14H29N3O. The molecule has 1 unspecified atom stereocenters. The molecule has 0 saturated heterocycles. The topological polar surface area (TPSA) is 67.2 Å². The van der Waals surface area contributed by atoms with Gasteiger partial charge in [0.15, 0.2) is 0 Å². The van der Waals surface area contributed by atoms with Crippen molar-refractivity contribution in [1.82, 2.24) is 10.6 Å². The van der Waals surface area contributed by atoms with Crippen LogP contribution in [0.2, 0.25) is 0 Å². The van der Waals surface area contributed by atoms with Crippen molar-refractivity contribution in [1.29, 1.82) is 0 Å². The Bertz CT molecular complexity index is 254. The van der Waals surface area contributed by atoms with E-state index in [0.29, 0.717) is 19.0 Å². The van der Waals surface area contributed by atoms with Crippen molar-refractivity contribution >= 4 is 5.91 Å². The Hall–Kier alpha value is -0.610. The third kappa shape index (κ3) is 6.36. The summed E-state index contributed by atoms with van der Waals surface area (Å²) in [6.45, 7) is 6.51. The molecule has 1 fully saturated rings. The van der Waals surface area contributed by atoms with Gasteiger partial charge in [0.1, 0.15) is 0 Å². The van der Waals surface area contributed by atoms with Gasteiger partial charge in [0.2, 0.25) is 5.91 Å². The third-order valence-corrected chi connectivity index (χ3v) is 3.31. The fourth-order valence-electron chi connectivity index (χ4n) is 2.51. The van der Waals surface area contributed by atoms with Crippen molar-refractivity contribution in [2.24, 2.45) is 5.73 Å². The maximum Gasteiger partial charge on any atom is 0.222 e. The van der Waals surface area contributed by atoms with Crippen LogP contribution in [0, 0.1) is 0 Å². The third-order valence-electron chi connectivity index (χ3n) is 3.31. The number of hydrogen-bond acceptors (Lipinski definition) is 3. The molecule has 4 heteroatoms. The lowest BCUT2D eigenvalue weighted by Gasteiger charge is -2.28. The van der Waals surface area contributed by atoms with Gasteiger partial charge in [-0.3, -0.25) is 4.79 Å². The Balaban J connectivity index is 2.34. The van der Waals surface area contributed by atoms with Gasteiger partial charge in [-0.15, -0.1) is 0 Å². The lowest BCUT2D eigenvalue weighted by atomic mass is 9.94. The van der Waals surface area contributed by atoms with Crippen molar-refractivity contribution in [3.8, 4) is 0 Å². The fraction of sp³-hybridized carbons (Fsp3) is 0.929. The van der Waals surface area contributed by atoms with E-state index in [1.807, 2.05) is 20.8 Å². The van der Waals surface area contributed by atoms with Crippen LogP contribution in [0.1, 0.15) is 59.3 Å². The molecule has 4 N–H and O–H groups in total. The molecule has 0 aromatic rings. The van der Waals surface area contributed by atoms with Crippen LogP contribution in [0.25, 0.3) is 0 Å². The number of nitrogens with two attached hydrogens (primary N) is 1. The van der Waals surface area contributed by atoms with E-state index in [1.165, 1.54) is 32.1 Å². The van der Waals surface area contributed by atoms with Crippen LogP contribution in [0.4, 0.5) is 0 Å². The van der Waals surface area contributed by atoms with E-state index in [9.17, 15) is 4.79 Å². The molecule has 1 rings (SSSR count). The van der Waals surface area contributed by atoms with Crippen molar-refractivity contribution in [2.75, 3.05) is 6.54 Å². The molecule has 1 amide bonds. The smallest absolute Gasteiger partial charge is 0.222 e. The predicted octanol–water partition coefficient (Wildman–Crippen LogP) is 1.54. The van der Waals surface area contributed by atoms with Crippen LogP contribution in [-0.2, 0) is 4.79 Å². The molecule has 1 atom stereocenters. The first-order chi connectivity index (χ1) is 8.40. The van der Waals surface area contributed by atoms with Crippen LogP contribution < -0.4 is 16.4 Å². The van der Waals surface area contributed by atoms with Crippen molar-refractivity contribution in [2.45, 2.75) is 76.9 Å². The standard InChI is InChI=1S/C14H29N3O/c1-14(2,3)17-13(18)9-12(10-15)16-11-7-5-4-6-8-11/h11-12,16H,4-10,15H2,1-3H3,(H,17,18). The monoisotopic (exact) mass is 255 g/mol. The average molecular weight is 255 g/mol. The minimum absolute atomic E-state index is 0.0845. The first-order valence-electron chi connectivity index (χ1n) is 7.18. The van der Waals surface area contributed by atoms with E-state index >= 15 is 0 Å². The van der Waals surface area contributed by atoms with Gasteiger partial charge in [-0.25, -0.2) is 0 Å². The molecule has 0 radical (unpaired) electrons. The summed E-state index contributed by atoms with van der Waals surface area (Å²) in [6, 6.07) is 0.658. The van der Waals surface area contributed by atoms with Gasteiger partial charge in [0.05, 0.1) is 0 Å². The normalized spacial score (nSPS) is 19.6. The van der Waals surface area contributed by atoms with Gasteiger partial charge in [-0.2, -0.15) is 0 Å². The Morgan fingerprint density at radius 2 is 1.89 bits per heavy atom. The Morgan fingerprint density at radius 1 is 1.28 bits per heavy atom. The van der Waals surface area contributed by atoms with Gasteiger partial charge in [-0.05, 0) is 33.6 Å². The lowest BCUT2D eigenvalue weighted by Crippen LogP contribution is -2.48. The molecule has 1 aliphatic carbocycles. The number of rotatable bonds is 5. The van der Waals surface area contributed by atoms with E-state index in [2.05, 4.69) is 10.6 Å². The van der Waals surface area contributed by atoms with Crippen LogP contribution in [0.5, 0.6) is 0 Å². The van der Waals surface area contributed by atoms with Crippen molar-refractivity contribution in [3.63, 3.8) is 0 Å². The highest BCUT2D eigenvalue weighted by atomic mass is 16.1. The molecule has 0 spiro atoms. The molecule has 0 heterocycles. The largest absolute Gasteiger partial charge is 0.351 e.